The molecule has 1 aliphatic heterocycles. The minimum Gasteiger partial charge on any atom is -0.476 e. The quantitative estimate of drug-likeness (QED) is 0.0755. The normalized spacial score (nSPS) is 24.8. The number of benzene rings is 2. The number of fused-ring (bicyclic) bond motifs is 2. The molecule has 0 spiro atoms. The first-order chi connectivity index (χ1) is 31.1. The lowest BCUT2D eigenvalue weighted by atomic mass is 9.39. The Morgan fingerprint density at radius 1 is 0.954 bits per heavy atom. The number of rotatable bonds is 16. The minimum absolute atomic E-state index is 0.0530. The van der Waals surface area contributed by atoms with Crippen LogP contribution in [0.1, 0.15) is 103 Å². The summed E-state index contributed by atoms with van der Waals surface area (Å²) in [5, 5.41) is 38.4. The van der Waals surface area contributed by atoms with E-state index in [2.05, 4.69) is 24.1 Å². The number of anilines is 2. The van der Waals surface area contributed by atoms with E-state index >= 15 is 0 Å². The molecule has 3 aromatic heterocycles. The van der Waals surface area contributed by atoms with Crippen LogP contribution in [0.5, 0.6) is 0 Å². The Kier molecular flexibility index (Phi) is 12.0. The zero-order valence-electron chi connectivity index (χ0n) is 37.6. The Morgan fingerprint density at radius 3 is 2.48 bits per heavy atom. The highest BCUT2D eigenvalue weighted by atomic mass is 32.1. The molecular weight excluding hydrogens is 847 g/mol. The number of thiazole rings is 1. The number of carbonyl (C=O) groups excluding carboxylic acids is 2. The summed E-state index contributed by atoms with van der Waals surface area (Å²) >= 11 is 1.43. The van der Waals surface area contributed by atoms with Gasteiger partial charge in [-0.15, -0.1) is 0 Å². The summed E-state index contributed by atoms with van der Waals surface area (Å²) < 4.78 is 15.3. The molecule has 65 heavy (non-hydrogen) atoms. The van der Waals surface area contributed by atoms with Crippen LogP contribution in [-0.4, -0.2) is 109 Å². The van der Waals surface area contributed by atoms with E-state index in [-0.39, 0.29) is 59.6 Å². The van der Waals surface area contributed by atoms with Gasteiger partial charge in [0.1, 0.15) is 5.82 Å². The number of carbonyl (C=O) groups is 3. The van der Waals surface area contributed by atoms with Crippen LogP contribution in [0, 0.1) is 23.2 Å². The van der Waals surface area contributed by atoms with E-state index in [1.165, 1.54) is 11.3 Å². The number of carboxylic acid groups (broad SMARTS) is 1. The highest BCUT2D eigenvalue weighted by Crippen LogP contribution is 2.72. The van der Waals surface area contributed by atoms with Crippen molar-refractivity contribution in [2.24, 2.45) is 16.2 Å². The Balaban J connectivity index is 0.919. The van der Waals surface area contributed by atoms with Crippen molar-refractivity contribution in [1.82, 2.24) is 24.6 Å². The van der Waals surface area contributed by atoms with E-state index in [0.29, 0.717) is 61.3 Å². The van der Waals surface area contributed by atoms with Gasteiger partial charge in [0, 0.05) is 55.1 Å². The molecule has 4 heterocycles. The van der Waals surface area contributed by atoms with Crippen molar-refractivity contribution < 1.29 is 39.2 Å². The van der Waals surface area contributed by atoms with E-state index in [9.17, 15) is 29.7 Å². The molecule has 10 rings (SSSR count). The van der Waals surface area contributed by atoms with Crippen molar-refractivity contribution in [3.05, 3.63) is 88.9 Å². The third-order valence-corrected chi connectivity index (χ3v) is 15.2. The molecule has 16 heteroatoms. The second-order valence-corrected chi connectivity index (χ2v) is 20.8. The number of ether oxygens (including phenoxy) is 2. The van der Waals surface area contributed by atoms with Gasteiger partial charge in [0.2, 0.25) is 0 Å². The van der Waals surface area contributed by atoms with Crippen LogP contribution < -0.4 is 10.2 Å². The smallest absolute Gasteiger partial charge is 0.409 e. The van der Waals surface area contributed by atoms with Crippen LogP contribution >= 0.6 is 11.3 Å². The second-order valence-electron chi connectivity index (χ2n) is 19.8. The molecular formula is C49H59N7O8S. The SMILES string of the molecule is CCOC(=O)N(CCOC12CC3(C)CC(C)(CC(Cn4ncc(-c5ccc(N6CCc7cccc(C(=O)Nc8nc9ccccc9s8)c7C6)nc5C(=O)O)c4C)(C3)C1)C2)CC[C@H](O)CO. The fourth-order valence-corrected chi connectivity index (χ4v) is 13.6. The van der Waals surface area contributed by atoms with Crippen LogP contribution in [0.2, 0.25) is 0 Å². The highest BCUT2D eigenvalue weighted by molar-refractivity contribution is 7.22. The molecule has 4 saturated carbocycles. The molecule has 2 amide bonds. The van der Waals surface area contributed by atoms with Gasteiger partial charge in [-0.3, -0.25) is 14.8 Å². The average Bonchev–Trinajstić information content (AvgIpc) is 3.84. The Morgan fingerprint density at radius 2 is 1.74 bits per heavy atom. The summed E-state index contributed by atoms with van der Waals surface area (Å²) in [6.07, 6.45) is 7.20. The topological polar surface area (TPSA) is 192 Å². The lowest BCUT2D eigenvalue weighted by Crippen LogP contribution is -2.64. The predicted octanol–water partition coefficient (Wildman–Crippen LogP) is 7.71. The van der Waals surface area contributed by atoms with Crippen LogP contribution in [0.25, 0.3) is 21.3 Å². The average molecular weight is 906 g/mol. The molecule has 0 radical (unpaired) electrons. The number of carboxylic acids is 1. The monoisotopic (exact) mass is 905 g/mol. The third-order valence-electron chi connectivity index (χ3n) is 14.2. The number of pyridine rings is 1. The van der Waals surface area contributed by atoms with Gasteiger partial charge in [-0.2, -0.15) is 5.10 Å². The van der Waals surface area contributed by atoms with E-state index in [4.69, 9.17) is 19.6 Å². The molecule has 5 aromatic rings. The largest absolute Gasteiger partial charge is 0.476 e. The van der Waals surface area contributed by atoms with Crippen LogP contribution in [0.3, 0.4) is 0 Å². The molecule has 0 saturated heterocycles. The number of para-hydroxylation sites is 1. The Hall–Kier alpha value is -5.42. The number of amides is 2. The number of aromatic carboxylic acids is 1. The van der Waals surface area contributed by atoms with E-state index in [1.807, 2.05) is 71.1 Å². The lowest BCUT2D eigenvalue weighted by molar-refractivity contribution is -0.248. The predicted molar refractivity (Wildman–Crippen MR) is 247 cm³/mol. The fourth-order valence-electron chi connectivity index (χ4n) is 12.7. The number of aromatic nitrogens is 4. The van der Waals surface area contributed by atoms with Crippen molar-refractivity contribution in [2.75, 3.05) is 49.7 Å². The van der Waals surface area contributed by atoms with Gasteiger partial charge < -0.3 is 34.6 Å². The molecule has 4 bridgehead atoms. The highest BCUT2D eigenvalue weighted by Gasteiger charge is 2.66. The lowest BCUT2D eigenvalue weighted by Gasteiger charge is -2.69. The van der Waals surface area contributed by atoms with Crippen molar-refractivity contribution in [3.63, 3.8) is 0 Å². The van der Waals surface area contributed by atoms with Crippen molar-refractivity contribution in [2.45, 2.75) is 104 Å². The summed E-state index contributed by atoms with van der Waals surface area (Å²) in [4.78, 5) is 52.4. The van der Waals surface area contributed by atoms with Crippen LogP contribution in [-0.2, 0) is 29.0 Å². The van der Waals surface area contributed by atoms with Gasteiger partial charge in [0.05, 0.1) is 47.9 Å². The molecule has 2 aromatic carbocycles. The van der Waals surface area contributed by atoms with Crippen molar-refractivity contribution in [1.29, 1.82) is 0 Å². The molecule has 2 unspecified atom stereocenters. The first kappa shape index (κ1) is 44.8. The number of aliphatic hydroxyl groups excluding tert-OH is 2. The van der Waals surface area contributed by atoms with E-state index < -0.39 is 18.2 Å². The molecule has 344 valence electrons. The zero-order valence-corrected chi connectivity index (χ0v) is 38.5. The fraction of sp³-hybridized carbons (Fsp3) is 0.510. The number of aliphatic hydroxyl groups is 2. The van der Waals surface area contributed by atoms with Gasteiger partial charge in [-0.25, -0.2) is 19.6 Å². The summed E-state index contributed by atoms with van der Waals surface area (Å²) in [6, 6.07) is 17.2. The van der Waals surface area contributed by atoms with Gasteiger partial charge in [-0.1, -0.05) is 49.4 Å². The first-order valence-corrected chi connectivity index (χ1v) is 23.6. The van der Waals surface area contributed by atoms with Crippen molar-refractivity contribution >= 4 is 50.5 Å². The van der Waals surface area contributed by atoms with E-state index in [0.717, 1.165) is 71.1 Å². The maximum Gasteiger partial charge on any atom is 0.409 e. The van der Waals surface area contributed by atoms with Crippen LogP contribution in [0.4, 0.5) is 15.7 Å². The minimum atomic E-state index is -1.13. The van der Waals surface area contributed by atoms with Gasteiger partial charge in [-0.05, 0) is 123 Å². The van der Waals surface area contributed by atoms with Gasteiger partial charge in [0.15, 0.2) is 10.8 Å². The summed E-state index contributed by atoms with van der Waals surface area (Å²) in [5.74, 6) is -0.846. The number of hydrogen-bond acceptors (Lipinski definition) is 12. The number of nitrogens with zero attached hydrogens (tertiary/aromatic N) is 6. The molecule has 4 N–H and O–H groups in total. The molecule has 15 nitrogen and oxygen atoms in total. The van der Waals surface area contributed by atoms with Gasteiger partial charge in [0.25, 0.3) is 5.91 Å². The zero-order chi connectivity index (χ0) is 45.7. The number of nitrogens with one attached hydrogen (secondary N) is 1. The molecule has 4 fully saturated rings. The second kappa shape index (κ2) is 17.4. The summed E-state index contributed by atoms with van der Waals surface area (Å²) in [7, 11) is 0. The summed E-state index contributed by atoms with van der Waals surface area (Å²) in [6.45, 7) is 10.9. The molecule has 5 aliphatic rings. The van der Waals surface area contributed by atoms with E-state index in [1.54, 1.807) is 18.0 Å². The van der Waals surface area contributed by atoms with Crippen LogP contribution in [0.15, 0.2) is 60.8 Å². The Bertz CT molecular complexity index is 2580. The maximum absolute atomic E-state index is 13.7. The third kappa shape index (κ3) is 8.97. The first-order valence-electron chi connectivity index (χ1n) is 22.8. The van der Waals surface area contributed by atoms with Gasteiger partial charge >= 0.3 is 12.1 Å². The maximum atomic E-state index is 13.7. The van der Waals surface area contributed by atoms with Crippen molar-refractivity contribution in [3.8, 4) is 11.1 Å². The molecule has 3 atom stereocenters. The number of hydrogen-bond donors (Lipinski definition) is 4. The Labute approximate surface area is 382 Å². The summed E-state index contributed by atoms with van der Waals surface area (Å²) in [5.41, 5.74) is 5.01. The standard InChI is InChI=1S/C49H59N7O8S/c1-5-63-45(62)54(18-16-33(58)23-57)19-20-64-49-27-46(3)24-47(4,28-49)26-48(25-46,29-49)30-56-31(2)36(21-50-56)34-13-14-40(52-41(34)43(60)61)55-17-15-32-9-8-10-35(37(32)22-55)42(59)53-44-51-38-11-6-7-12-39(38)65-44/h6-14,21,33,57-58H,5,15-20,22-30H2,1-4H3,(H,60,61)(H,51,53,59)/t33-,46?,47?,48?,49?/m0/s1. The molecule has 4 aliphatic carbocycles.